The number of rotatable bonds is 10. The predicted molar refractivity (Wildman–Crippen MR) is 116 cm³/mol. The zero-order valence-corrected chi connectivity index (χ0v) is 17.0. The summed E-state index contributed by atoms with van der Waals surface area (Å²) in [7, 11) is 0. The molecule has 1 aliphatic rings. The van der Waals surface area contributed by atoms with Gasteiger partial charge in [0, 0.05) is 17.7 Å². The Hall–Kier alpha value is -3.72. The van der Waals surface area contributed by atoms with Crippen LogP contribution in [-0.2, 0) is 20.8 Å². The first-order chi connectivity index (χ1) is 14.9. The number of hydrogen-bond acceptors (Lipinski definition) is 6. The van der Waals surface area contributed by atoms with Crippen LogP contribution in [0.4, 0.5) is 5.69 Å². The number of unbranched alkanes of at least 4 members (excludes halogenated alkanes) is 1. The molecule has 31 heavy (non-hydrogen) atoms. The Morgan fingerprint density at radius 1 is 1.19 bits per heavy atom. The van der Waals surface area contributed by atoms with E-state index in [1.807, 2.05) is 24.3 Å². The minimum absolute atomic E-state index is 0.000626. The molecule has 0 fully saturated rings. The van der Waals surface area contributed by atoms with Crippen molar-refractivity contribution >= 4 is 29.1 Å². The van der Waals surface area contributed by atoms with Crippen LogP contribution in [0.3, 0.4) is 0 Å². The van der Waals surface area contributed by atoms with E-state index in [2.05, 4.69) is 10.3 Å². The summed E-state index contributed by atoms with van der Waals surface area (Å²) >= 11 is 0. The smallest absolute Gasteiger partial charge is 0.303 e. The van der Waals surface area contributed by atoms with E-state index in [0.717, 1.165) is 23.4 Å². The van der Waals surface area contributed by atoms with Gasteiger partial charge in [-0.25, -0.2) is 5.06 Å². The Kier molecular flexibility index (Phi) is 7.34. The second-order valence-corrected chi connectivity index (χ2v) is 7.10. The van der Waals surface area contributed by atoms with E-state index in [4.69, 9.17) is 21.1 Å². The van der Waals surface area contributed by atoms with Crippen LogP contribution in [0.25, 0.3) is 5.70 Å². The summed E-state index contributed by atoms with van der Waals surface area (Å²) in [6.07, 6.45) is 5.69. The number of aryl methyl sites for hydroxylation is 1. The predicted octanol–water partition coefficient (Wildman–Crippen LogP) is 2.39. The van der Waals surface area contributed by atoms with Crippen molar-refractivity contribution in [1.82, 2.24) is 10.0 Å². The number of hydrogen-bond donors (Lipinski definition) is 4. The lowest BCUT2D eigenvalue weighted by Gasteiger charge is -2.20. The highest BCUT2D eigenvalue weighted by Crippen LogP contribution is 2.24. The molecule has 162 valence electrons. The third-order valence-electron chi connectivity index (χ3n) is 4.74. The second kappa shape index (κ2) is 10.4. The number of carbonyl (C=O) groups excluding carboxylic acids is 1. The molecule has 0 saturated carbocycles. The zero-order valence-electron chi connectivity index (χ0n) is 17.0. The van der Waals surface area contributed by atoms with Crippen molar-refractivity contribution in [3.63, 3.8) is 0 Å². The van der Waals surface area contributed by atoms with Gasteiger partial charge in [0.1, 0.15) is 12.4 Å². The number of hydroxylamine groups is 2. The Bertz CT molecular complexity index is 970. The molecule has 9 heteroatoms. The maximum Gasteiger partial charge on any atom is 0.303 e. The molecule has 0 unspecified atom stereocenters. The average molecular weight is 423 g/mol. The number of carboxylic acids is 1. The summed E-state index contributed by atoms with van der Waals surface area (Å²) in [5.41, 5.74) is 9.19. The number of aromatic nitrogens is 1. The molecule has 0 radical (unpaired) electrons. The van der Waals surface area contributed by atoms with Gasteiger partial charge in [-0.1, -0.05) is 24.3 Å². The molecule has 1 amide bonds. The van der Waals surface area contributed by atoms with Gasteiger partial charge in [0.25, 0.3) is 0 Å². The van der Waals surface area contributed by atoms with Gasteiger partial charge in [0.05, 0.1) is 24.2 Å². The summed E-state index contributed by atoms with van der Waals surface area (Å²) < 4.78 is 0. The van der Waals surface area contributed by atoms with Crippen LogP contribution in [0.2, 0.25) is 0 Å². The van der Waals surface area contributed by atoms with Gasteiger partial charge in [-0.3, -0.25) is 24.8 Å². The lowest BCUT2D eigenvalue weighted by atomic mass is 10.1. The maximum absolute atomic E-state index is 12.5. The van der Waals surface area contributed by atoms with Gasteiger partial charge in [-0.05, 0) is 43.0 Å². The monoisotopic (exact) mass is 423 g/mol. The van der Waals surface area contributed by atoms with Gasteiger partial charge in [0.2, 0.25) is 5.91 Å². The topological polar surface area (TPSA) is 142 Å². The van der Waals surface area contributed by atoms with Gasteiger partial charge >= 0.3 is 5.97 Å². The number of nitrogens with two attached hydrogens (primary N) is 1. The van der Waals surface area contributed by atoms with Crippen molar-refractivity contribution in [2.45, 2.75) is 25.7 Å². The fourth-order valence-electron chi connectivity index (χ4n) is 3.15. The van der Waals surface area contributed by atoms with Crippen LogP contribution < -0.4 is 11.1 Å². The number of aliphatic carboxylic acids is 1. The van der Waals surface area contributed by atoms with E-state index < -0.39 is 5.97 Å². The van der Waals surface area contributed by atoms with E-state index in [9.17, 15) is 9.59 Å². The minimum Gasteiger partial charge on any atom is -0.481 e. The summed E-state index contributed by atoms with van der Waals surface area (Å²) in [4.78, 5) is 32.9. The lowest BCUT2D eigenvalue weighted by molar-refractivity contribution is -0.137. The Morgan fingerprint density at radius 2 is 1.97 bits per heavy atom. The number of nitrogen functional groups attached to an aromatic ring is 1. The third kappa shape index (κ3) is 6.38. The first-order valence-electron chi connectivity index (χ1n) is 9.94. The van der Waals surface area contributed by atoms with Crippen molar-refractivity contribution in [3.8, 4) is 0 Å². The fraction of sp³-hybridized carbons (Fsp3) is 0.273. The number of carboxylic acid groups (broad SMARTS) is 1. The summed E-state index contributed by atoms with van der Waals surface area (Å²) in [6, 6.07) is 10.8. The van der Waals surface area contributed by atoms with Crippen molar-refractivity contribution < 1.29 is 19.5 Å². The number of nitrogens with one attached hydrogen (secondary N) is 2. The zero-order chi connectivity index (χ0) is 22.2. The van der Waals surface area contributed by atoms with E-state index in [1.165, 1.54) is 5.06 Å². The molecule has 0 saturated heterocycles. The van der Waals surface area contributed by atoms with Gasteiger partial charge < -0.3 is 16.2 Å². The molecule has 0 atom stereocenters. The Labute approximate surface area is 180 Å². The second-order valence-electron chi connectivity index (χ2n) is 7.10. The maximum atomic E-state index is 12.5. The van der Waals surface area contributed by atoms with Gasteiger partial charge in [-0.2, -0.15) is 0 Å². The number of amides is 1. The van der Waals surface area contributed by atoms with Crippen molar-refractivity contribution in [2.75, 3.05) is 18.5 Å². The highest BCUT2D eigenvalue weighted by molar-refractivity contribution is 5.95. The molecular weight excluding hydrogens is 398 g/mol. The van der Waals surface area contributed by atoms with Gasteiger partial charge in [0.15, 0.2) is 0 Å². The fourth-order valence-corrected chi connectivity index (χ4v) is 3.15. The molecule has 1 aromatic carbocycles. The van der Waals surface area contributed by atoms with Crippen molar-refractivity contribution in [2.24, 2.45) is 5.73 Å². The molecule has 1 aromatic heterocycles. The first-order valence-corrected chi connectivity index (χ1v) is 9.94. The Morgan fingerprint density at radius 3 is 2.61 bits per heavy atom. The van der Waals surface area contributed by atoms with Crippen LogP contribution in [0.1, 0.15) is 36.1 Å². The molecule has 1 aliphatic heterocycles. The van der Waals surface area contributed by atoms with Crippen LogP contribution in [0, 0.1) is 5.41 Å². The molecule has 3 rings (SSSR count). The molecule has 2 aromatic rings. The van der Waals surface area contributed by atoms with Crippen LogP contribution in [-0.4, -0.2) is 46.0 Å². The summed E-state index contributed by atoms with van der Waals surface area (Å²) in [6.45, 7) is 0.381. The molecule has 0 bridgehead atoms. The molecule has 0 spiro atoms. The van der Waals surface area contributed by atoms with E-state index >= 15 is 0 Å². The first kappa shape index (κ1) is 22.0. The lowest BCUT2D eigenvalue weighted by Crippen LogP contribution is -2.30. The normalized spacial score (nSPS) is 13.0. The minimum atomic E-state index is -0.793. The molecule has 2 heterocycles. The number of anilines is 1. The number of nitrogens with zero attached hydrogens (tertiary/aromatic N) is 2. The third-order valence-corrected chi connectivity index (χ3v) is 4.74. The van der Waals surface area contributed by atoms with Crippen molar-refractivity contribution in [3.05, 3.63) is 65.5 Å². The molecular formula is C22H25N5O4. The van der Waals surface area contributed by atoms with Crippen LogP contribution >= 0.6 is 0 Å². The SMILES string of the molecule is N=C(N)c1ccc(C2=CCON2CC(=O)Nc2ccc(CCCCC(=O)O)nc2)cc1. The molecule has 0 aliphatic carbocycles. The standard InChI is InChI=1S/C22H25N5O4/c23-22(24)16-7-5-15(6-8-16)19-11-12-31-27(19)14-20(28)26-18-10-9-17(25-13-18)3-1-2-4-21(29)30/h5-11,13H,1-4,12,14H2,(H3,23,24)(H,26,28)(H,29,30). The highest BCUT2D eigenvalue weighted by Gasteiger charge is 2.21. The quantitative estimate of drug-likeness (QED) is 0.261. The van der Waals surface area contributed by atoms with E-state index in [-0.39, 0.29) is 24.7 Å². The van der Waals surface area contributed by atoms with Crippen molar-refractivity contribution in [1.29, 1.82) is 5.41 Å². The molecule has 9 nitrogen and oxygen atoms in total. The number of benzene rings is 1. The number of pyridine rings is 1. The van der Waals surface area contributed by atoms with Crippen LogP contribution in [0.5, 0.6) is 0 Å². The van der Waals surface area contributed by atoms with Crippen LogP contribution in [0.15, 0.2) is 48.7 Å². The van der Waals surface area contributed by atoms with Gasteiger partial charge in [-0.15, -0.1) is 0 Å². The summed E-state index contributed by atoms with van der Waals surface area (Å²) in [5, 5.41) is 20.5. The van der Waals surface area contributed by atoms with E-state index in [0.29, 0.717) is 30.7 Å². The Balaban J connectivity index is 1.51. The van der Waals surface area contributed by atoms with E-state index in [1.54, 1.807) is 24.4 Å². The largest absolute Gasteiger partial charge is 0.481 e. The highest BCUT2D eigenvalue weighted by atomic mass is 16.7. The average Bonchev–Trinajstić information content (AvgIpc) is 3.20. The molecule has 5 N–H and O–H groups in total. The summed E-state index contributed by atoms with van der Waals surface area (Å²) in [5.74, 6) is -1.04. The number of amidine groups is 1. The number of carbonyl (C=O) groups is 2.